The van der Waals surface area contributed by atoms with E-state index in [1.807, 2.05) is 0 Å². The molecule has 1 atom stereocenters. The lowest BCUT2D eigenvalue weighted by atomic mass is 10.1. The molecule has 3 rings (SSSR count). The number of aromatic hydroxyl groups is 1. The standard InChI is InChI=1S/C24H21Cl2N3O6S/c1-11-6-7-36-20(11)23(33)29-19-15(21(31)27-10-13-4-3-5-14(30)8-13)9-16(25)17(18(19)26)22(32)28-12(2)24(34)35/h3-9,12,30H,10H2,1-2H3,(H,27,31)(H,28,32)(H,29,33)(H,34,35)/t12-/m0/s1. The second-order valence-electron chi connectivity index (χ2n) is 7.74. The Hall–Kier alpha value is -3.60. The number of nitrogens with one attached hydrogen (secondary N) is 3. The SMILES string of the molecule is Cc1ccsc1C(=O)Nc1c(C(=O)NCc2cccc(O)c2)cc(Cl)c(C(=O)N[C@@H](C)C(=O)O)c1Cl. The number of carbonyl (C=O) groups is 4. The Balaban J connectivity index is 2.01. The smallest absolute Gasteiger partial charge is 0.325 e. The molecule has 3 aromatic rings. The first-order valence-corrected chi connectivity index (χ1v) is 12.1. The first kappa shape index (κ1) is 27.0. The first-order chi connectivity index (χ1) is 17.0. The molecule has 188 valence electrons. The Morgan fingerprint density at radius 3 is 2.39 bits per heavy atom. The number of anilines is 1. The van der Waals surface area contributed by atoms with Gasteiger partial charge < -0.3 is 26.2 Å². The van der Waals surface area contributed by atoms with Crippen LogP contribution < -0.4 is 16.0 Å². The van der Waals surface area contributed by atoms with Crippen LogP contribution in [-0.2, 0) is 11.3 Å². The lowest BCUT2D eigenvalue weighted by molar-refractivity contribution is -0.138. The maximum atomic E-state index is 13.1. The average molecular weight is 550 g/mol. The van der Waals surface area contributed by atoms with E-state index in [4.69, 9.17) is 28.3 Å². The van der Waals surface area contributed by atoms with Crippen LogP contribution in [0.15, 0.2) is 41.8 Å². The van der Waals surface area contributed by atoms with Crippen molar-refractivity contribution in [2.45, 2.75) is 26.4 Å². The molecule has 0 aliphatic rings. The third-order valence-electron chi connectivity index (χ3n) is 5.08. The van der Waals surface area contributed by atoms with E-state index in [-0.39, 0.29) is 39.2 Å². The average Bonchev–Trinajstić information content (AvgIpc) is 3.25. The Morgan fingerprint density at radius 1 is 1.06 bits per heavy atom. The quantitative estimate of drug-likeness (QED) is 0.280. The summed E-state index contributed by atoms with van der Waals surface area (Å²) in [6, 6.07) is 7.94. The molecule has 0 saturated carbocycles. The van der Waals surface area contributed by atoms with Gasteiger partial charge in [-0.05, 0) is 54.6 Å². The van der Waals surface area contributed by atoms with E-state index in [0.29, 0.717) is 16.0 Å². The number of carboxylic acids is 1. The molecule has 36 heavy (non-hydrogen) atoms. The fourth-order valence-electron chi connectivity index (χ4n) is 3.18. The topological polar surface area (TPSA) is 145 Å². The lowest BCUT2D eigenvalue weighted by Gasteiger charge is -2.18. The highest BCUT2D eigenvalue weighted by atomic mass is 35.5. The predicted octanol–water partition coefficient (Wildman–Crippen LogP) is 4.45. The number of aliphatic carboxylic acids is 1. The van der Waals surface area contributed by atoms with Crippen molar-refractivity contribution in [3.8, 4) is 5.75 Å². The Morgan fingerprint density at radius 2 is 1.78 bits per heavy atom. The maximum absolute atomic E-state index is 13.1. The third-order valence-corrected chi connectivity index (χ3v) is 6.77. The van der Waals surface area contributed by atoms with Crippen LogP contribution in [0.5, 0.6) is 5.75 Å². The number of benzene rings is 2. The van der Waals surface area contributed by atoms with Crippen molar-refractivity contribution >= 4 is 63.9 Å². The number of rotatable bonds is 8. The zero-order valence-electron chi connectivity index (χ0n) is 19.0. The van der Waals surface area contributed by atoms with Crippen molar-refractivity contribution in [3.63, 3.8) is 0 Å². The first-order valence-electron chi connectivity index (χ1n) is 10.5. The minimum atomic E-state index is -1.28. The van der Waals surface area contributed by atoms with Gasteiger partial charge >= 0.3 is 5.97 Å². The minimum absolute atomic E-state index is 0.0260. The van der Waals surface area contributed by atoms with Crippen LogP contribution in [0.1, 0.15) is 48.4 Å². The van der Waals surface area contributed by atoms with Crippen LogP contribution in [0.2, 0.25) is 10.0 Å². The van der Waals surface area contributed by atoms with Crippen LogP contribution in [0.4, 0.5) is 5.69 Å². The molecule has 0 unspecified atom stereocenters. The number of carbonyl (C=O) groups excluding carboxylic acids is 3. The van der Waals surface area contributed by atoms with Gasteiger partial charge in [0.2, 0.25) is 0 Å². The predicted molar refractivity (Wildman–Crippen MR) is 137 cm³/mol. The summed E-state index contributed by atoms with van der Waals surface area (Å²) in [4.78, 5) is 50.3. The summed E-state index contributed by atoms with van der Waals surface area (Å²) >= 11 is 14.0. The highest BCUT2D eigenvalue weighted by Crippen LogP contribution is 2.36. The largest absolute Gasteiger partial charge is 0.508 e. The molecular weight excluding hydrogens is 529 g/mol. The number of amides is 3. The molecule has 5 N–H and O–H groups in total. The number of hydrogen-bond acceptors (Lipinski definition) is 6. The van der Waals surface area contributed by atoms with E-state index < -0.39 is 29.7 Å². The molecule has 9 nitrogen and oxygen atoms in total. The third kappa shape index (κ3) is 6.14. The number of aryl methyl sites for hydroxylation is 1. The molecular formula is C24H21Cl2N3O6S. The van der Waals surface area contributed by atoms with Gasteiger partial charge in [0.15, 0.2) is 0 Å². The fraction of sp³-hybridized carbons (Fsp3) is 0.167. The van der Waals surface area contributed by atoms with Gasteiger partial charge in [0.05, 0.1) is 31.7 Å². The molecule has 0 spiro atoms. The van der Waals surface area contributed by atoms with Crippen LogP contribution in [0.25, 0.3) is 0 Å². The zero-order valence-corrected chi connectivity index (χ0v) is 21.3. The van der Waals surface area contributed by atoms with Crippen molar-refractivity contribution in [3.05, 3.63) is 79.0 Å². The van der Waals surface area contributed by atoms with Gasteiger partial charge in [0.25, 0.3) is 17.7 Å². The Bertz CT molecular complexity index is 1360. The maximum Gasteiger partial charge on any atom is 0.325 e. The normalized spacial score (nSPS) is 11.4. The van der Waals surface area contributed by atoms with Gasteiger partial charge in [-0.25, -0.2) is 0 Å². The van der Waals surface area contributed by atoms with Crippen molar-refractivity contribution in [1.82, 2.24) is 10.6 Å². The molecule has 2 aromatic carbocycles. The van der Waals surface area contributed by atoms with Crippen molar-refractivity contribution in [2.24, 2.45) is 0 Å². The summed E-state index contributed by atoms with van der Waals surface area (Å²) in [5.74, 6) is -3.36. The van der Waals surface area contributed by atoms with Gasteiger partial charge in [-0.15, -0.1) is 11.3 Å². The second kappa shape index (κ2) is 11.4. The summed E-state index contributed by atoms with van der Waals surface area (Å²) in [5, 5.41) is 27.4. The van der Waals surface area contributed by atoms with Crippen LogP contribution >= 0.6 is 34.5 Å². The van der Waals surface area contributed by atoms with Gasteiger partial charge in [0.1, 0.15) is 11.8 Å². The second-order valence-corrected chi connectivity index (χ2v) is 9.44. The van der Waals surface area contributed by atoms with Crippen LogP contribution in [-0.4, -0.2) is 39.9 Å². The molecule has 0 saturated heterocycles. The van der Waals surface area contributed by atoms with Crippen molar-refractivity contribution in [1.29, 1.82) is 0 Å². The number of carboxylic acid groups (broad SMARTS) is 1. The molecule has 3 amide bonds. The molecule has 0 bridgehead atoms. The number of phenols is 1. The summed E-state index contributed by atoms with van der Waals surface area (Å²) in [7, 11) is 0. The molecule has 0 radical (unpaired) electrons. The summed E-state index contributed by atoms with van der Waals surface area (Å²) in [6.45, 7) is 3.04. The van der Waals surface area contributed by atoms with E-state index >= 15 is 0 Å². The molecule has 0 aliphatic carbocycles. The highest BCUT2D eigenvalue weighted by molar-refractivity contribution is 7.12. The minimum Gasteiger partial charge on any atom is -0.508 e. The van der Waals surface area contributed by atoms with Crippen molar-refractivity contribution in [2.75, 3.05) is 5.32 Å². The molecule has 0 fully saturated rings. The Labute approximate surface area is 220 Å². The van der Waals surface area contributed by atoms with E-state index in [1.54, 1.807) is 30.5 Å². The molecule has 0 aliphatic heterocycles. The number of thiophene rings is 1. The van der Waals surface area contributed by atoms with E-state index in [0.717, 1.165) is 0 Å². The van der Waals surface area contributed by atoms with Gasteiger partial charge in [-0.3, -0.25) is 19.2 Å². The van der Waals surface area contributed by atoms with E-state index in [1.165, 1.54) is 36.5 Å². The highest BCUT2D eigenvalue weighted by Gasteiger charge is 2.27. The lowest BCUT2D eigenvalue weighted by Crippen LogP contribution is -2.38. The summed E-state index contributed by atoms with van der Waals surface area (Å²) < 4.78 is 0. The van der Waals surface area contributed by atoms with E-state index in [9.17, 15) is 24.3 Å². The van der Waals surface area contributed by atoms with Crippen LogP contribution in [0, 0.1) is 6.92 Å². The van der Waals surface area contributed by atoms with Gasteiger partial charge in [0, 0.05) is 6.54 Å². The number of hydrogen-bond donors (Lipinski definition) is 5. The van der Waals surface area contributed by atoms with Crippen LogP contribution in [0.3, 0.4) is 0 Å². The molecule has 12 heteroatoms. The zero-order chi connectivity index (χ0) is 26.6. The van der Waals surface area contributed by atoms with Gasteiger partial charge in [-0.2, -0.15) is 0 Å². The number of halogens is 2. The Kier molecular flexibility index (Phi) is 8.57. The number of phenolic OH excluding ortho intramolecular Hbond substituents is 1. The summed E-state index contributed by atoms with van der Waals surface area (Å²) in [5.41, 5.74) is 0.731. The van der Waals surface area contributed by atoms with E-state index in [2.05, 4.69) is 16.0 Å². The summed E-state index contributed by atoms with van der Waals surface area (Å²) in [6.07, 6.45) is 0. The monoisotopic (exact) mass is 549 g/mol. The fourth-order valence-corrected chi connectivity index (χ4v) is 4.67. The van der Waals surface area contributed by atoms with Gasteiger partial charge in [-0.1, -0.05) is 35.3 Å². The van der Waals surface area contributed by atoms with Crippen molar-refractivity contribution < 1.29 is 29.4 Å². The molecule has 1 heterocycles. The molecule has 1 aromatic heterocycles.